The van der Waals surface area contributed by atoms with Crippen molar-refractivity contribution in [2.45, 2.75) is 26.7 Å². The van der Waals surface area contributed by atoms with Crippen molar-refractivity contribution >= 4 is 17.3 Å². The van der Waals surface area contributed by atoms with E-state index in [2.05, 4.69) is 11.9 Å². The highest BCUT2D eigenvalue weighted by atomic mass is 32.1. The van der Waals surface area contributed by atoms with E-state index < -0.39 is 0 Å². The zero-order valence-corrected chi connectivity index (χ0v) is 11.4. The molecule has 0 saturated heterocycles. The normalized spacial score (nSPS) is 10.6. The maximum absolute atomic E-state index is 11.9. The van der Waals surface area contributed by atoms with E-state index >= 15 is 0 Å². The lowest BCUT2D eigenvalue weighted by atomic mass is 10.2. The molecule has 0 aliphatic carbocycles. The number of esters is 1. The molecule has 0 saturated carbocycles. The fraction of sp³-hybridized carbons (Fsp3) is 0.385. The third kappa shape index (κ3) is 2.61. The standard InChI is InChI=1S/C13H16N2O2S/c1-3-7-10-11(12(16)17-4-2)18-13(14-10)15-8-5-6-9-15/h5-6,8-9H,3-4,7H2,1-2H3. The molecule has 0 spiro atoms. The molecule has 0 fully saturated rings. The average molecular weight is 264 g/mol. The van der Waals surface area contributed by atoms with Gasteiger partial charge in [0, 0.05) is 12.4 Å². The van der Waals surface area contributed by atoms with E-state index in [1.165, 1.54) is 11.3 Å². The summed E-state index contributed by atoms with van der Waals surface area (Å²) in [6.07, 6.45) is 5.60. The molecule has 0 amide bonds. The van der Waals surface area contributed by atoms with Gasteiger partial charge in [0.15, 0.2) is 5.13 Å². The second kappa shape index (κ2) is 5.82. The zero-order valence-electron chi connectivity index (χ0n) is 10.5. The number of rotatable bonds is 5. The molecule has 5 heteroatoms. The van der Waals surface area contributed by atoms with Crippen LogP contribution in [0.5, 0.6) is 0 Å². The van der Waals surface area contributed by atoms with Gasteiger partial charge in [-0.3, -0.25) is 0 Å². The summed E-state index contributed by atoms with van der Waals surface area (Å²) in [5, 5.41) is 0.812. The maximum Gasteiger partial charge on any atom is 0.350 e. The van der Waals surface area contributed by atoms with Crippen LogP contribution in [-0.2, 0) is 11.2 Å². The van der Waals surface area contributed by atoms with Gasteiger partial charge in [0.1, 0.15) is 4.88 Å². The molecular formula is C13H16N2O2S. The van der Waals surface area contributed by atoms with Gasteiger partial charge in [-0.05, 0) is 25.5 Å². The Morgan fingerprint density at radius 1 is 1.39 bits per heavy atom. The SMILES string of the molecule is CCCc1nc(-n2cccc2)sc1C(=O)OCC. The van der Waals surface area contributed by atoms with Crippen molar-refractivity contribution in [3.05, 3.63) is 35.1 Å². The van der Waals surface area contributed by atoms with Crippen molar-refractivity contribution in [2.24, 2.45) is 0 Å². The molecule has 2 aromatic rings. The number of ether oxygens (including phenoxy) is 1. The van der Waals surface area contributed by atoms with Crippen LogP contribution < -0.4 is 0 Å². The number of hydrogen-bond acceptors (Lipinski definition) is 4. The van der Waals surface area contributed by atoms with Crippen molar-refractivity contribution < 1.29 is 9.53 Å². The van der Waals surface area contributed by atoms with Gasteiger partial charge in [0.2, 0.25) is 0 Å². The van der Waals surface area contributed by atoms with Crippen LogP contribution in [-0.4, -0.2) is 22.1 Å². The summed E-state index contributed by atoms with van der Waals surface area (Å²) in [4.78, 5) is 17.0. The van der Waals surface area contributed by atoms with Crippen LogP contribution in [0.3, 0.4) is 0 Å². The molecular weight excluding hydrogens is 248 g/mol. The van der Waals surface area contributed by atoms with Gasteiger partial charge in [-0.1, -0.05) is 24.7 Å². The molecule has 18 heavy (non-hydrogen) atoms. The first-order valence-corrected chi connectivity index (χ1v) is 6.88. The number of nitrogens with zero attached hydrogens (tertiary/aromatic N) is 2. The van der Waals surface area contributed by atoms with E-state index in [1.807, 2.05) is 36.0 Å². The van der Waals surface area contributed by atoms with Crippen molar-refractivity contribution in [2.75, 3.05) is 6.61 Å². The molecule has 2 aromatic heterocycles. The van der Waals surface area contributed by atoms with Gasteiger partial charge >= 0.3 is 5.97 Å². The van der Waals surface area contributed by atoms with Crippen molar-refractivity contribution in [1.29, 1.82) is 0 Å². The number of thiazole rings is 1. The summed E-state index contributed by atoms with van der Waals surface area (Å²) in [6.45, 7) is 4.27. The number of aromatic nitrogens is 2. The monoisotopic (exact) mass is 264 g/mol. The minimum Gasteiger partial charge on any atom is -0.462 e. The molecule has 0 N–H and O–H groups in total. The van der Waals surface area contributed by atoms with Crippen LogP contribution in [0.2, 0.25) is 0 Å². The summed E-state index contributed by atoms with van der Waals surface area (Å²) >= 11 is 1.38. The van der Waals surface area contributed by atoms with E-state index in [0.29, 0.717) is 11.5 Å². The lowest BCUT2D eigenvalue weighted by molar-refractivity contribution is 0.0530. The summed E-state index contributed by atoms with van der Waals surface area (Å²) in [5.74, 6) is -0.267. The average Bonchev–Trinajstić information content (AvgIpc) is 2.97. The Hall–Kier alpha value is -1.62. The molecule has 0 aliphatic rings. The van der Waals surface area contributed by atoms with Gasteiger partial charge in [0.05, 0.1) is 12.3 Å². The molecule has 0 aliphatic heterocycles. The van der Waals surface area contributed by atoms with Crippen LogP contribution in [0.1, 0.15) is 35.6 Å². The predicted molar refractivity (Wildman–Crippen MR) is 71.4 cm³/mol. The quantitative estimate of drug-likeness (QED) is 0.780. The number of hydrogen-bond donors (Lipinski definition) is 0. The van der Waals surface area contributed by atoms with Gasteiger partial charge in [-0.15, -0.1) is 0 Å². The van der Waals surface area contributed by atoms with Crippen LogP contribution in [0, 0.1) is 0 Å². The number of aryl methyl sites for hydroxylation is 1. The van der Waals surface area contributed by atoms with E-state index in [1.54, 1.807) is 0 Å². The lowest BCUT2D eigenvalue weighted by Gasteiger charge is -2.00. The summed E-state index contributed by atoms with van der Waals surface area (Å²) < 4.78 is 6.98. The first kappa shape index (κ1) is 12.8. The van der Waals surface area contributed by atoms with Crippen molar-refractivity contribution in [1.82, 2.24) is 9.55 Å². The summed E-state index contributed by atoms with van der Waals surface area (Å²) in [7, 11) is 0. The van der Waals surface area contributed by atoms with E-state index in [0.717, 1.165) is 23.7 Å². The number of carbonyl (C=O) groups excluding carboxylic acids is 1. The predicted octanol–water partition coefficient (Wildman–Crippen LogP) is 3.06. The largest absolute Gasteiger partial charge is 0.462 e. The van der Waals surface area contributed by atoms with E-state index in [9.17, 15) is 4.79 Å². The Kier molecular flexibility index (Phi) is 4.15. The van der Waals surface area contributed by atoms with Crippen LogP contribution in [0.15, 0.2) is 24.5 Å². The smallest absolute Gasteiger partial charge is 0.350 e. The molecule has 2 rings (SSSR count). The van der Waals surface area contributed by atoms with Crippen LogP contribution in [0.4, 0.5) is 0 Å². The Morgan fingerprint density at radius 3 is 2.72 bits per heavy atom. The van der Waals surface area contributed by atoms with Crippen LogP contribution in [0.25, 0.3) is 5.13 Å². The first-order chi connectivity index (χ1) is 8.76. The first-order valence-electron chi connectivity index (χ1n) is 6.06. The second-order valence-electron chi connectivity index (χ2n) is 3.83. The summed E-state index contributed by atoms with van der Waals surface area (Å²) in [6, 6.07) is 3.87. The molecule has 0 aromatic carbocycles. The fourth-order valence-electron chi connectivity index (χ4n) is 1.67. The highest BCUT2D eigenvalue weighted by molar-refractivity contribution is 7.16. The van der Waals surface area contributed by atoms with E-state index in [-0.39, 0.29) is 5.97 Å². The third-order valence-electron chi connectivity index (χ3n) is 2.46. The maximum atomic E-state index is 11.9. The third-order valence-corrected chi connectivity index (χ3v) is 3.55. The topological polar surface area (TPSA) is 44.1 Å². The fourth-order valence-corrected chi connectivity index (χ4v) is 2.65. The van der Waals surface area contributed by atoms with E-state index in [4.69, 9.17) is 4.74 Å². The molecule has 0 radical (unpaired) electrons. The van der Waals surface area contributed by atoms with Crippen molar-refractivity contribution in [3.63, 3.8) is 0 Å². The molecule has 0 atom stereocenters. The van der Waals surface area contributed by atoms with Gasteiger partial charge in [0.25, 0.3) is 0 Å². The zero-order chi connectivity index (χ0) is 13.0. The second-order valence-corrected chi connectivity index (χ2v) is 4.81. The van der Waals surface area contributed by atoms with Gasteiger partial charge in [-0.25, -0.2) is 9.78 Å². The van der Waals surface area contributed by atoms with Gasteiger partial charge in [-0.2, -0.15) is 0 Å². The Bertz CT molecular complexity index is 517. The van der Waals surface area contributed by atoms with Gasteiger partial charge < -0.3 is 9.30 Å². The molecule has 96 valence electrons. The molecule has 2 heterocycles. The Morgan fingerprint density at radius 2 is 2.11 bits per heavy atom. The molecule has 0 unspecified atom stereocenters. The minimum atomic E-state index is -0.267. The highest BCUT2D eigenvalue weighted by Gasteiger charge is 2.19. The lowest BCUT2D eigenvalue weighted by Crippen LogP contribution is -2.05. The van der Waals surface area contributed by atoms with Crippen LogP contribution >= 0.6 is 11.3 Å². The minimum absolute atomic E-state index is 0.267. The number of carbonyl (C=O) groups is 1. The highest BCUT2D eigenvalue weighted by Crippen LogP contribution is 2.24. The Balaban J connectivity index is 2.35. The summed E-state index contributed by atoms with van der Waals surface area (Å²) in [5.41, 5.74) is 0.838. The van der Waals surface area contributed by atoms with Crippen molar-refractivity contribution in [3.8, 4) is 5.13 Å². The molecule has 0 bridgehead atoms. The molecule has 4 nitrogen and oxygen atoms in total. The Labute approximate surface area is 110 Å².